The number of pyridine rings is 1. The summed E-state index contributed by atoms with van der Waals surface area (Å²) in [5.41, 5.74) is 2.04. The van der Waals surface area contributed by atoms with Crippen LogP contribution in [0.3, 0.4) is 0 Å². The summed E-state index contributed by atoms with van der Waals surface area (Å²) in [4.78, 5) is 3.88. The van der Waals surface area contributed by atoms with Crippen molar-refractivity contribution >= 4 is 33.0 Å². The Morgan fingerprint density at radius 1 is 1.14 bits per heavy atom. The van der Waals surface area contributed by atoms with Crippen LogP contribution < -0.4 is 0 Å². The minimum absolute atomic E-state index is 0.0217. The van der Waals surface area contributed by atoms with Gasteiger partial charge in [0.25, 0.3) is 0 Å². The first kappa shape index (κ1) is 10.2. The number of rotatable bonds is 0. The molecule has 6 heteroatoms. The molecule has 1 aliphatic heterocycles. The second-order valence-corrected chi connectivity index (χ2v) is 6.09. The molecule has 0 saturated heterocycles. The summed E-state index contributed by atoms with van der Waals surface area (Å²) in [6.07, 6.45) is 0. The molecular formula is C8H7Cl2NO2S. The van der Waals surface area contributed by atoms with Crippen LogP contribution in [0.25, 0.3) is 0 Å². The molecule has 0 amide bonds. The van der Waals surface area contributed by atoms with E-state index in [1.807, 2.05) is 0 Å². The number of hydrogen-bond donors (Lipinski definition) is 0. The highest BCUT2D eigenvalue weighted by Gasteiger charge is 2.29. The summed E-state index contributed by atoms with van der Waals surface area (Å²) in [6.45, 7) is 1.76. The van der Waals surface area contributed by atoms with Crippen LogP contribution in [0.15, 0.2) is 0 Å². The second kappa shape index (κ2) is 3.08. The van der Waals surface area contributed by atoms with Crippen LogP contribution in [0.1, 0.15) is 16.7 Å². The minimum atomic E-state index is -3.05. The van der Waals surface area contributed by atoms with Crippen molar-refractivity contribution in [1.29, 1.82) is 0 Å². The molecule has 0 radical (unpaired) electrons. The molecule has 1 aliphatic rings. The van der Waals surface area contributed by atoms with Gasteiger partial charge in [0.1, 0.15) is 10.3 Å². The third-order valence-electron chi connectivity index (χ3n) is 2.30. The summed E-state index contributed by atoms with van der Waals surface area (Å²) in [7, 11) is -3.05. The summed E-state index contributed by atoms with van der Waals surface area (Å²) in [5.74, 6) is 0.00228. The number of nitrogens with zero attached hydrogens (tertiary/aromatic N) is 1. The minimum Gasteiger partial charge on any atom is -0.228 e. The van der Waals surface area contributed by atoms with Gasteiger partial charge in [-0.3, -0.25) is 0 Å². The van der Waals surface area contributed by atoms with E-state index >= 15 is 0 Å². The van der Waals surface area contributed by atoms with Crippen LogP contribution in [-0.2, 0) is 21.3 Å². The van der Waals surface area contributed by atoms with Gasteiger partial charge in [-0.05, 0) is 18.1 Å². The fourth-order valence-electron chi connectivity index (χ4n) is 1.55. The van der Waals surface area contributed by atoms with Gasteiger partial charge in [0.05, 0.1) is 11.5 Å². The van der Waals surface area contributed by atoms with E-state index in [1.54, 1.807) is 6.92 Å². The molecule has 2 rings (SSSR count). The first-order valence-corrected chi connectivity index (χ1v) is 6.52. The lowest BCUT2D eigenvalue weighted by atomic mass is 10.1. The Balaban J connectivity index is 2.73. The average molecular weight is 252 g/mol. The van der Waals surface area contributed by atoms with Crippen LogP contribution >= 0.6 is 23.2 Å². The van der Waals surface area contributed by atoms with Crippen LogP contribution in [0, 0.1) is 6.92 Å². The number of sulfone groups is 1. The molecule has 76 valence electrons. The van der Waals surface area contributed by atoms with E-state index in [4.69, 9.17) is 23.2 Å². The molecular weight excluding hydrogens is 245 g/mol. The van der Waals surface area contributed by atoms with Gasteiger partial charge in [-0.25, -0.2) is 13.4 Å². The number of aromatic nitrogens is 1. The second-order valence-electron chi connectivity index (χ2n) is 3.31. The molecule has 1 aromatic rings. The summed E-state index contributed by atoms with van der Waals surface area (Å²) in [6, 6.07) is 0. The van der Waals surface area contributed by atoms with Gasteiger partial charge < -0.3 is 0 Å². The van der Waals surface area contributed by atoms with Gasteiger partial charge >= 0.3 is 0 Å². The molecule has 0 fully saturated rings. The quantitative estimate of drug-likeness (QED) is 0.664. The molecule has 3 nitrogen and oxygen atoms in total. The lowest BCUT2D eigenvalue weighted by Gasteiger charge is -2.05. The monoisotopic (exact) mass is 251 g/mol. The van der Waals surface area contributed by atoms with Crippen LogP contribution in [0.5, 0.6) is 0 Å². The normalized spacial score (nSPS) is 18.2. The Hall–Kier alpha value is -0.320. The maximum Gasteiger partial charge on any atom is 0.158 e. The number of halogens is 2. The van der Waals surface area contributed by atoms with Crippen LogP contribution in [-0.4, -0.2) is 13.4 Å². The summed E-state index contributed by atoms with van der Waals surface area (Å²) in [5, 5.41) is 0.488. The molecule has 0 spiro atoms. The molecule has 0 unspecified atom stereocenters. The average Bonchev–Trinajstić information content (AvgIpc) is 2.38. The predicted molar refractivity (Wildman–Crippen MR) is 55.3 cm³/mol. The van der Waals surface area contributed by atoms with Gasteiger partial charge in [0, 0.05) is 5.56 Å². The highest BCUT2D eigenvalue weighted by molar-refractivity contribution is 7.90. The van der Waals surface area contributed by atoms with Crippen molar-refractivity contribution in [2.75, 3.05) is 0 Å². The molecule has 0 bridgehead atoms. The maximum absolute atomic E-state index is 11.4. The Labute approximate surface area is 92.0 Å². The van der Waals surface area contributed by atoms with Crippen molar-refractivity contribution < 1.29 is 8.42 Å². The molecule has 0 atom stereocenters. The molecule has 0 saturated carbocycles. The van der Waals surface area contributed by atoms with Crippen LogP contribution in [0.2, 0.25) is 10.3 Å². The number of fused-ring (bicyclic) bond motifs is 1. The summed E-state index contributed by atoms with van der Waals surface area (Å²) < 4.78 is 22.7. The van der Waals surface area contributed by atoms with Crippen molar-refractivity contribution in [1.82, 2.24) is 4.98 Å². The van der Waals surface area contributed by atoms with Gasteiger partial charge in [-0.15, -0.1) is 0 Å². The topological polar surface area (TPSA) is 47.0 Å². The lowest BCUT2D eigenvalue weighted by molar-refractivity contribution is 0.598. The van der Waals surface area contributed by atoms with Crippen molar-refractivity contribution in [3.05, 3.63) is 27.0 Å². The van der Waals surface area contributed by atoms with Crippen LogP contribution in [0.4, 0.5) is 0 Å². The molecule has 0 aliphatic carbocycles. The van der Waals surface area contributed by atoms with E-state index in [0.717, 1.165) is 5.56 Å². The van der Waals surface area contributed by atoms with E-state index in [-0.39, 0.29) is 21.8 Å². The fraction of sp³-hybridized carbons (Fsp3) is 0.375. The predicted octanol–water partition coefficient (Wildman–Crippen LogP) is 2.13. The van der Waals surface area contributed by atoms with E-state index in [9.17, 15) is 8.42 Å². The Kier molecular flexibility index (Phi) is 2.25. The third kappa shape index (κ3) is 1.51. The zero-order valence-corrected chi connectivity index (χ0v) is 9.67. The third-order valence-corrected chi connectivity index (χ3v) is 4.44. The first-order valence-electron chi connectivity index (χ1n) is 3.94. The highest BCUT2D eigenvalue weighted by Crippen LogP contribution is 2.34. The van der Waals surface area contributed by atoms with E-state index in [2.05, 4.69) is 4.98 Å². The van der Waals surface area contributed by atoms with Gasteiger partial charge in [-0.2, -0.15) is 0 Å². The molecule has 1 aromatic heterocycles. The van der Waals surface area contributed by atoms with E-state index in [0.29, 0.717) is 11.1 Å². The Bertz CT molecular complexity index is 511. The number of hydrogen-bond acceptors (Lipinski definition) is 3. The van der Waals surface area contributed by atoms with E-state index in [1.165, 1.54) is 0 Å². The Morgan fingerprint density at radius 3 is 2.36 bits per heavy atom. The fourth-order valence-corrected chi connectivity index (χ4v) is 3.82. The van der Waals surface area contributed by atoms with Gasteiger partial charge in [0.2, 0.25) is 0 Å². The molecule has 2 heterocycles. The maximum atomic E-state index is 11.4. The standard InChI is InChI=1S/C8H7Cl2NO2S/c1-4-5-2-14(12,13)3-6(5)8(10)11-7(4)9/h2-3H2,1H3. The van der Waals surface area contributed by atoms with Gasteiger partial charge in [-0.1, -0.05) is 23.2 Å². The van der Waals surface area contributed by atoms with Crippen molar-refractivity contribution in [2.24, 2.45) is 0 Å². The Morgan fingerprint density at radius 2 is 1.71 bits per heavy atom. The zero-order chi connectivity index (χ0) is 10.5. The highest BCUT2D eigenvalue weighted by atomic mass is 35.5. The molecule has 0 N–H and O–H groups in total. The van der Waals surface area contributed by atoms with Crippen molar-refractivity contribution in [3.8, 4) is 0 Å². The molecule has 14 heavy (non-hydrogen) atoms. The smallest absolute Gasteiger partial charge is 0.158 e. The van der Waals surface area contributed by atoms with Crippen molar-refractivity contribution in [3.63, 3.8) is 0 Å². The zero-order valence-electron chi connectivity index (χ0n) is 7.34. The SMILES string of the molecule is Cc1c(Cl)nc(Cl)c2c1CS(=O)(=O)C2. The van der Waals surface area contributed by atoms with Gasteiger partial charge in [0.15, 0.2) is 9.84 Å². The summed E-state index contributed by atoms with van der Waals surface area (Å²) >= 11 is 11.6. The first-order chi connectivity index (χ1) is 6.41. The largest absolute Gasteiger partial charge is 0.228 e. The molecule has 0 aromatic carbocycles. The van der Waals surface area contributed by atoms with E-state index < -0.39 is 9.84 Å². The lowest BCUT2D eigenvalue weighted by Crippen LogP contribution is -1.96. The van der Waals surface area contributed by atoms with Crippen molar-refractivity contribution in [2.45, 2.75) is 18.4 Å².